The molecular formula is C25H30N4O2. The Morgan fingerprint density at radius 3 is 2.35 bits per heavy atom. The van der Waals surface area contributed by atoms with Crippen molar-refractivity contribution < 1.29 is 9.59 Å². The van der Waals surface area contributed by atoms with Crippen LogP contribution in [0, 0.1) is 6.92 Å². The van der Waals surface area contributed by atoms with Crippen molar-refractivity contribution in [3.05, 3.63) is 77.9 Å². The molecule has 0 aliphatic carbocycles. The Morgan fingerprint density at radius 2 is 1.65 bits per heavy atom. The molecule has 6 N–H and O–H groups in total. The monoisotopic (exact) mass is 418 g/mol. The normalized spacial score (nSPS) is 12.9. The summed E-state index contributed by atoms with van der Waals surface area (Å²) >= 11 is 0. The highest BCUT2D eigenvalue weighted by molar-refractivity contribution is 5.99. The van der Waals surface area contributed by atoms with Crippen molar-refractivity contribution in [2.24, 2.45) is 11.5 Å². The molecule has 2 amide bonds. The van der Waals surface area contributed by atoms with Crippen molar-refractivity contribution in [1.82, 2.24) is 5.32 Å². The Bertz CT molecular complexity index is 1030. The van der Waals surface area contributed by atoms with Gasteiger partial charge in [0.1, 0.15) is 6.04 Å². The highest BCUT2D eigenvalue weighted by atomic mass is 16.2. The summed E-state index contributed by atoms with van der Waals surface area (Å²) in [5.74, 6) is -0.630. The van der Waals surface area contributed by atoms with Gasteiger partial charge in [0.15, 0.2) is 0 Å². The summed E-state index contributed by atoms with van der Waals surface area (Å²) in [5.41, 5.74) is 14.3. The van der Waals surface area contributed by atoms with Crippen LogP contribution in [0.25, 0.3) is 10.8 Å². The molecule has 0 saturated heterocycles. The molecule has 6 heteroatoms. The van der Waals surface area contributed by atoms with Crippen LogP contribution in [-0.4, -0.2) is 30.4 Å². The van der Waals surface area contributed by atoms with Crippen molar-refractivity contribution in [2.45, 2.75) is 38.3 Å². The van der Waals surface area contributed by atoms with E-state index < -0.39 is 12.1 Å². The molecule has 0 radical (unpaired) electrons. The van der Waals surface area contributed by atoms with Crippen LogP contribution in [0.3, 0.4) is 0 Å². The fourth-order valence-electron chi connectivity index (χ4n) is 3.41. The summed E-state index contributed by atoms with van der Waals surface area (Å²) in [6, 6.07) is 20.1. The van der Waals surface area contributed by atoms with E-state index in [2.05, 4.69) is 10.6 Å². The van der Waals surface area contributed by atoms with E-state index >= 15 is 0 Å². The Kier molecular flexibility index (Phi) is 7.76. The van der Waals surface area contributed by atoms with Gasteiger partial charge >= 0.3 is 0 Å². The van der Waals surface area contributed by atoms with E-state index in [0.717, 1.165) is 21.9 Å². The van der Waals surface area contributed by atoms with Gasteiger partial charge in [-0.15, -0.1) is 0 Å². The number of amides is 2. The van der Waals surface area contributed by atoms with Crippen LogP contribution in [-0.2, 0) is 16.0 Å². The molecule has 0 aliphatic heterocycles. The lowest BCUT2D eigenvalue weighted by molar-refractivity contribution is -0.127. The predicted octanol–water partition coefficient (Wildman–Crippen LogP) is 2.88. The lowest BCUT2D eigenvalue weighted by Crippen LogP contribution is -2.51. The first-order chi connectivity index (χ1) is 15.0. The van der Waals surface area contributed by atoms with Crippen molar-refractivity contribution in [1.29, 1.82) is 0 Å². The minimum atomic E-state index is -0.745. The number of hydrogen-bond donors (Lipinski definition) is 4. The third-order valence-corrected chi connectivity index (χ3v) is 5.27. The van der Waals surface area contributed by atoms with Gasteiger partial charge in [0.2, 0.25) is 11.8 Å². The van der Waals surface area contributed by atoms with Crippen LogP contribution in [0.2, 0.25) is 0 Å². The van der Waals surface area contributed by atoms with Gasteiger partial charge in [0.25, 0.3) is 0 Å². The number of rotatable bonds is 9. The summed E-state index contributed by atoms with van der Waals surface area (Å²) in [6.07, 6.45) is 1.50. The van der Waals surface area contributed by atoms with E-state index in [9.17, 15) is 9.59 Å². The van der Waals surface area contributed by atoms with Crippen LogP contribution in [0.5, 0.6) is 0 Å². The topological polar surface area (TPSA) is 110 Å². The molecule has 0 bridgehead atoms. The van der Waals surface area contributed by atoms with E-state index in [1.165, 1.54) is 0 Å². The maximum Gasteiger partial charge on any atom is 0.247 e. The van der Waals surface area contributed by atoms with Gasteiger partial charge in [-0.1, -0.05) is 60.2 Å². The molecule has 3 aromatic rings. The summed E-state index contributed by atoms with van der Waals surface area (Å²) < 4.78 is 0. The van der Waals surface area contributed by atoms with Crippen LogP contribution in [0.15, 0.2) is 66.7 Å². The number of benzene rings is 3. The molecule has 0 aliphatic rings. The summed E-state index contributed by atoms with van der Waals surface area (Å²) in [6.45, 7) is 2.47. The van der Waals surface area contributed by atoms with E-state index in [1.54, 1.807) is 0 Å². The maximum atomic E-state index is 13.1. The first-order valence-electron chi connectivity index (χ1n) is 10.6. The molecule has 6 nitrogen and oxygen atoms in total. The van der Waals surface area contributed by atoms with Gasteiger partial charge < -0.3 is 22.1 Å². The molecular weight excluding hydrogens is 388 g/mol. The largest absolute Gasteiger partial charge is 0.343 e. The van der Waals surface area contributed by atoms with Gasteiger partial charge in [-0.2, -0.15) is 0 Å². The van der Waals surface area contributed by atoms with E-state index in [0.29, 0.717) is 31.5 Å². The van der Waals surface area contributed by atoms with Crippen LogP contribution in [0.1, 0.15) is 24.0 Å². The Labute approximate surface area is 183 Å². The zero-order chi connectivity index (χ0) is 22.2. The van der Waals surface area contributed by atoms with E-state index in [-0.39, 0.29) is 11.8 Å². The fraction of sp³-hybridized carbons (Fsp3) is 0.280. The van der Waals surface area contributed by atoms with Crippen LogP contribution >= 0.6 is 0 Å². The number of anilines is 1. The molecule has 0 spiro atoms. The maximum absolute atomic E-state index is 13.1. The molecule has 0 aromatic heterocycles. The number of nitrogens with two attached hydrogens (primary N) is 2. The molecule has 3 aromatic carbocycles. The molecule has 0 fully saturated rings. The second-order valence-corrected chi connectivity index (χ2v) is 7.84. The van der Waals surface area contributed by atoms with Gasteiger partial charge in [-0.05, 0) is 54.8 Å². The Balaban J connectivity index is 1.76. The number of nitrogens with one attached hydrogen (secondary N) is 2. The second-order valence-electron chi connectivity index (χ2n) is 7.84. The zero-order valence-electron chi connectivity index (χ0n) is 17.8. The third kappa shape index (κ3) is 6.38. The highest BCUT2D eigenvalue weighted by Crippen LogP contribution is 2.19. The average molecular weight is 419 g/mol. The fourth-order valence-corrected chi connectivity index (χ4v) is 3.41. The molecule has 162 valence electrons. The number of aryl methyl sites for hydroxylation is 1. The van der Waals surface area contributed by atoms with E-state index in [1.807, 2.05) is 73.7 Å². The zero-order valence-corrected chi connectivity index (χ0v) is 17.8. The van der Waals surface area contributed by atoms with Crippen molar-refractivity contribution >= 4 is 28.3 Å². The molecule has 0 saturated carbocycles. The summed E-state index contributed by atoms with van der Waals surface area (Å²) in [4.78, 5) is 25.7. The number of hydrogen-bond acceptors (Lipinski definition) is 4. The predicted molar refractivity (Wildman–Crippen MR) is 126 cm³/mol. The van der Waals surface area contributed by atoms with Crippen LogP contribution in [0.4, 0.5) is 5.69 Å². The number of carbonyl (C=O) groups is 2. The quantitative estimate of drug-likeness (QED) is 0.428. The van der Waals surface area contributed by atoms with Gasteiger partial charge in [0.05, 0.1) is 6.04 Å². The first-order valence-corrected chi connectivity index (χ1v) is 10.6. The average Bonchev–Trinajstić information content (AvgIpc) is 2.78. The minimum absolute atomic E-state index is 0.282. The molecule has 0 heterocycles. The van der Waals surface area contributed by atoms with Gasteiger partial charge in [-0.25, -0.2) is 0 Å². The molecule has 31 heavy (non-hydrogen) atoms. The third-order valence-electron chi connectivity index (χ3n) is 5.27. The lowest BCUT2D eigenvalue weighted by atomic mass is 10.0. The summed E-state index contributed by atoms with van der Waals surface area (Å²) in [7, 11) is 0. The van der Waals surface area contributed by atoms with Gasteiger partial charge in [0, 0.05) is 12.1 Å². The number of fused-ring (bicyclic) bond motifs is 1. The Morgan fingerprint density at radius 1 is 0.935 bits per heavy atom. The first kappa shape index (κ1) is 22.5. The van der Waals surface area contributed by atoms with Crippen molar-refractivity contribution in [3.63, 3.8) is 0 Å². The molecule has 3 rings (SSSR count). The molecule has 2 atom stereocenters. The van der Waals surface area contributed by atoms with Gasteiger partial charge in [-0.3, -0.25) is 9.59 Å². The second kappa shape index (κ2) is 10.7. The standard InChI is InChI=1S/C25H30N4O2/c1-17-8-10-18(11-9-17)15-23(29-24(30)22(27)7-4-14-26)25(31)28-21-13-12-19-5-2-3-6-20(19)16-21/h2-3,5-6,8-13,16,22-23H,4,7,14-15,26-27H2,1H3,(H,28,31)(H,29,30)/t22-,23+/m1/s1. The van der Waals surface area contributed by atoms with Crippen LogP contribution < -0.4 is 22.1 Å². The van der Waals surface area contributed by atoms with E-state index in [4.69, 9.17) is 11.5 Å². The van der Waals surface area contributed by atoms with Crippen molar-refractivity contribution in [2.75, 3.05) is 11.9 Å². The lowest BCUT2D eigenvalue weighted by Gasteiger charge is -2.21. The molecule has 0 unspecified atom stereocenters. The highest BCUT2D eigenvalue weighted by Gasteiger charge is 2.24. The Hall–Kier alpha value is -3.22. The van der Waals surface area contributed by atoms with Crippen molar-refractivity contribution in [3.8, 4) is 0 Å². The SMILES string of the molecule is Cc1ccc(C[C@H](NC(=O)[C@H](N)CCCN)C(=O)Nc2ccc3ccccc3c2)cc1. The minimum Gasteiger partial charge on any atom is -0.343 e. The summed E-state index contributed by atoms with van der Waals surface area (Å²) in [5, 5.41) is 7.89. The smallest absolute Gasteiger partial charge is 0.247 e. The number of carbonyl (C=O) groups excluding carboxylic acids is 2.